The van der Waals surface area contributed by atoms with Gasteiger partial charge in [0.05, 0.1) is 7.11 Å². The van der Waals surface area contributed by atoms with E-state index in [1.165, 1.54) is 0 Å². The van der Waals surface area contributed by atoms with Crippen molar-refractivity contribution in [1.82, 2.24) is 0 Å². The van der Waals surface area contributed by atoms with E-state index in [9.17, 15) is 0 Å². The van der Waals surface area contributed by atoms with Crippen LogP contribution in [0.25, 0.3) is 11.1 Å². The number of thiol groups is 1. The Morgan fingerprint density at radius 2 is 1.81 bits per heavy atom. The maximum absolute atomic E-state index is 5.82. The number of rotatable bonds is 2. The fraction of sp³-hybridized carbons (Fsp3) is 0.0769. The van der Waals surface area contributed by atoms with Crippen molar-refractivity contribution < 1.29 is 4.74 Å². The van der Waals surface area contributed by atoms with Gasteiger partial charge in [0, 0.05) is 10.6 Å². The molecule has 0 aliphatic rings. The summed E-state index contributed by atoms with van der Waals surface area (Å²) < 4.78 is 5.18. The molecule has 0 aliphatic carbocycles. The molecule has 2 N–H and O–H groups in total. The van der Waals surface area contributed by atoms with Gasteiger partial charge in [0.15, 0.2) is 0 Å². The second kappa shape index (κ2) is 4.49. The molecule has 3 heteroatoms. The summed E-state index contributed by atoms with van der Waals surface area (Å²) in [4.78, 5) is 0.798. The van der Waals surface area contributed by atoms with E-state index in [1.807, 2.05) is 42.5 Å². The molecule has 82 valence electrons. The van der Waals surface area contributed by atoms with E-state index < -0.39 is 0 Å². The van der Waals surface area contributed by atoms with Gasteiger partial charge in [-0.2, -0.15) is 0 Å². The molecule has 2 aromatic rings. The van der Waals surface area contributed by atoms with Gasteiger partial charge in [-0.05, 0) is 35.4 Å². The molecule has 0 fully saturated rings. The average molecular weight is 231 g/mol. The van der Waals surface area contributed by atoms with Crippen LogP contribution in [0.4, 0.5) is 5.69 Å². The minimum atomic E-state index is 0.684. The van der Waals surface area contributed by atoms with Crippen molar-refractivity contribution in [3.63, 3.8) is 0 Å². The van der Waals surface area contributed by atoms with Crippen molar-refractivity contribution in [1.29, 1.82) is 0 Å². The number of hydrogen-bond acceptors (Lipinski definition) is 3. The largest absolute Gasteiger partial charge is 0.497 e. The fourth-order valence-corrected chi connectivity index (χ4v) is 1.68. The molecule has 0 atom stereocenters. The first-order chi connectivity index (χ1) is 7.70. The van der Waals surface area contributed by atoms with Gasteiger partial charge in [-0.3, -0.25) is 0 Å². The van der Waals surface area contributed by atoms with Gasteiger partial charge in [0.2, 0.25) is 0 Å². The molecule has 2 aromatic carbocycles. The number of nitrogens with two attached hydrogens (primary N) is 1. The summed E-state index contributed by atoms with van der Waals surface area (Å²) in [5, 5.41) is 0. The summed E-state index contributed by atoms with van der Waals surface area (Å²) in [6, 6.07) is 13.7. The molecule has 0 radical (unpaired) electrons. The molecule has 0 amide bonds. The van der Waals surface area contributed by atoms with E-state index in [0.717, 1.165) is 21.8 Å². The topological polar surface area (TPSA) is 35.2 Å². The van der Waals surface area contributed by atoms with Crippen LogP contribution in [0.15, 0.2) is 47.4 Å². The molecule has 16 heavy (non-hydrogen) atoms. The lowest BCUT2D eigenvalue weighted by Crippen LogP contribution is -1.88. The number of nitrogen functional groups attached to an aromatic ring is 1. The van der Waals surface area contributed by atoms with Gasteiger partial charge in [0.1, 0.15) is 5.75 Å². The first-order valence-corrected chi connectivity index (χ1v) is 5.38. The zero-order chi connectivity index (χ0) is 11.5. The van der Waals surface area contributed by atoms with Crippen molar-refractivity contribution in [2.45, 2.75) is 4.90 Å². The minimum absolute atomic E-state index is 0.684. The van der Waals surface area contributed by atoms with Crippen molar-refractivity contribution in [2.24, 2.45) is 0 Å². The molecule has 0 aromatic heterocycles. The number of benzene rings is 2. The molecule has 0 saturated heterocycles. The highest BCUT2D eigenvalue weighted by Crippen LogP contribution is 2.27. The maximum Gasteiger partial charge on any atom is 0.119 e. The first-order valence-electron chi connectivity index (χ1n) is 4.93. The quantitative estimate of drug-likeness (QED) is 0.615. The molecule has 2 nitrogen and oxygen atoms in total. The van der Waals surface area contributed by atoms with Gasteiger partial charge >= 0.3 is 0 Å². The number of ether oxygens (including phenoxy) is 1. The average Bonchev–Trinajstić information content (AvgIpc) is 2.33. The van der Waals surface area contributed by atoms with Crippen LogP contribution in [0, 0.1) is 0 Å². The Morgan fingerprint density at radius 3 is 2.50 bits per heavy atom. The van der Waals surface area contributed by atoms with Gasteiger partial charge in [-0.15, -0.1) is 12.6 Å². The monoisotopic (exact) mass is 231 g/mol. The molecule has 0 unspecified atom stereocenters. The number of hydrogen-bond donors (Lipinski definition) is 2. The lowest BCUT2D eigenvalue weighted by atomic mass is 10.1. The second-order valence-corrected chi connectivity index (χ2v) is 3.99. The number of anilines is 1. The van der Waals surface area contributed by atoms with Crippen molar-refractivity contribution in [3.05, 3.63) is 42.5 Å². The molecule has 2 rings (SSSR count). The Bertz CT molecular complexity index is 511. The van der Waals surface area contributed by atoms with Crippen molar-refractivity contribution >= 4 is 18.3 Å². The normalized spacial score (nSPS) is 10.1. The predicted octanol–water partition coefficient (Wildman–Crippen LogP) is 3.23. The minimum Gasteiger partial charge on any atom is -0.497 e. The van der Waals surface area contributed by atoms with Crippen LogP contribution in [0.1, 0.15) is 0 Å². The Morgan fingerprint density at radius 1 is 1.06 bits per heavy atom. The molecular weight excluding hydrogens is 218 g/mol. The first kappa shape index (κ1) is 10.9. The van der Waals surface area contributed by atoms with Crippen molar-refractivity contribution in [3.8, 4) is 16.9 Å². The molecular formula is C13H13NOS. The van der Waals surface area contributed by atoms with E-state index in [1.54, 1.807) is 7.11 Å². The highest BCUT2D eigenvalue weighted by molar-refractivity contribution is 7.80. The smallest absolute Gasteiger partial charge is 0.119 e. The Hall–Kier alpha value is -1.61. The Kier molecular flexibility index (Phi) is 3.06. The van der Waals surface area contributed by atoms with E-state index >= 15 is 0 Å². The van der Waals surface area contributed by atoms with Crippen LogP contribution in [0.5, 0.6) is 5.75 Å². The molecule has 0 heterocycles. The third-order valence-electron chi connectivity index (χ3n) is 2.43. The third kappa shape index (κ3) is 2.14. The zero-order valence-corrected chi connectivity index (χ0v) is 9.87. The van der Waals surface area contributed by atoms with Gasteiger partial charge < -0.3 is 10.5 Å². The SMILES string of the molecule is COc1cccc(-c2ccc(S)c(N)c2)c1. The summed E-state index contributed by atoms with van der Waals surface area (Å²) in [5.74, 6) is 0.839. The van der Waals surface area contributed by atoms with Gasteiger partial charge in [0.25, 0.3) is 0 Å². The van der Waals surface area contributed by atoms with Crippen LogP contribution >= 0.6 is 12.6 Å². The summed E-state index contributed by atoms with van der Waals surface area (Å²) in [7, 11) is 1.66. The van der Waals surface area contributed by atoms with E-state index in [2.05, 4.69) is 12.6 Å². The highest BCUT2D eigenvalue weighted by atomic mass is 32.1. The van der Waals surface area contributed by atoms with Crippen LogP contribution in [0.2, 0.25) is 0 Å². The lowest BCUT2D eigenvalue weighted by molar-refractivity contribution is 0.415. The van der Waals surface area contributed by atoms with E-state index in [4.69, 9.17) is 10.5 Å². The van der Waals surface area contributed by atoms with Crippen LogP contribution in [-0.4, -0.2) is 7.11 Å². The summed E-state index contributed by atoms with van der Waals surface area (Å²) in [5.41, 5.74) is 8.65. The van der Waals surface area contributed by atoms with Gasteiger partial charge in [-0.25, -0.2) is 0 Å². The second-order valence-electron chi connectivity index (χ2n) is 3.51. The lowest BCUT2D eigenvalue weighted by Gasteiger charge is -2.06. The fourth-order valence-electron chi connectivity index (χ4n) is 1.54. The summed E-state index contributed by atoms with van der Waals surface area (Å²) in [6.45, 7) is 0. The zero-order valence-electron chi connectivity index (χ0n) is 8.97. The molecule has 0 bridgehead atoms. The Balaban J connectivity index is 2.46. The van der Waals surface area contributed by atoms with Crippen LogP contribution in [-0.2, 0) is 0 Å². The van der Waals surface area contributed by atoms with Crippen LogP contribution in [0.3, 0.4) is 0 Å². The third-order valence-corrected chi connectivity index (χ3v) is 2.84. The maximum atomic E-state index is 5.82. The predicted molar refractivity (Wildman–Crippen MR) is 70.1 cm³/mol. The van der Waals surface area contributed by atoms with Gasteiger partial charge in [-0.1, -0.05) is 18.2 Å². The van der Waals surface area contributed by atoms with Crippen molar-refractivity contribution in [2.75, 3.05) is 12.8 Å². The Labute approximate surface area is 100 Å². The molecule has 0 spiro atoms. The molecule has 0 aliphatic heterocycles. The molecule has 0 saturated carbocycles. The van der Waals surface area contributed by atoms with E-state index in [0.29, 0.717) is 5.69 Å². The van der Waals surface area contributed by atoms with Crippen LogP contribution < -0.4 is 10.5 Å². The van der Waals surface area contributed by atoms with E-state index in [-0.39, 0.29) is 0 Å². The number of methoxy groups -OCH3 is 1. The summed E-state index contributed by atoms with van der Waals surface area (Å²) >= 11 is 4.25. The highest BCUT2D eigenvalue weighted by Gasteiger charge is 2.01. The summed E-state index contributed by atoms with van der Waals surface area (Å²) in [6.07, 6.45) is 0. The standard InChI is InChI=1S/C13H13NOS/c1-15-11-4-2-3-9(7-11)10-5-6-13(16)12(14)8-10/h2-8,16H,14H2,1H3.